The predicted molar refractivity (Wildman–Crippen MR) is 71.6 cm³/mol. The second-order valence-electron chi connectivity index (χ2n) is 4.32. The van der Waals surface area contributed by atoms with Crippen molar-refractivity contribution < 1.29 is 13.9 Å². The van der Waals surface area contributed by atoms with E-state index in [0.29, 0.717) is 12.0 Å². The molecule has 1 aliphatic rings. The van der Waals surface area contributed by atoms with Gasteiger partial charge in [-0.15, -0.1) is 0 Å². The number of hydrogen-bond donors (Lipinski definition) is 0. The molecule has 0 aliphatic carbocycles. The smallest absolute Gasteiger partial charge is 0.168 e. The molecule has 2 aromatic rings. The summed E-state index contributed by atoms with van der Waals surface area (Å²) < 4.78 is 18.5. The first-order valence-corrected chi connectivity index (χ1v) is 6.66. The van der Waals surface area contributed by atoms with Gasteiger partial charge in [0.15, 0.2) is 5.78 Å². The summed E-state index contributed by atoms with van der Waals surface area (Å²) in [6.07, 6.45) is 0.294. The minimum atomic E-state index is -0.378. The van der Waals surface area contributed by atoms with Gasteiger partial charge >= 0.3 is 0 Å². The maximum atomic E-state index is 13.3. The lowest BCUT2D eigenvalue weighted by Gasteiger charge is -2.07. The van der Waals surface area contributed by atoms with Gasteiger partial charge in [-0.3, -0.25) is 4.79 Å². The summed E-state index contributed by atoms with van der Waals surface area (Å²) in [5, 5.41) is 0. The van der Waals surface area contributed by atoms with Crippen molar-refractivity contribution in [3.05, 3.63) is 53.3 Å². The molecule has 19 heavy (non-hydrogen) atoms. The predicted octanol–water partition coefficient (Wildman–Crippen LogP) is 3.72. The first-order chi connectivity index (χ1) is 9.17. The molecule has 0 fully saturated rings. The number of fused-ring (bicyclic) bond motifs is 2. The van der Waals surface area contributed by atoms with E-state index in [0.717, 1.165) is 21.1 Å². The Hall–Kier alpha value is -1.81. The summed E-state index contributed by atoms with van der Waals surface area (Å²) in [7, 11) is 1.61. The van der Waals surface area contributed by atoms with Crippen LogP contribution in [0.1, 0.15) is 15.9 Å². The molecule has 0 radical (unpaired) electrons. The van der Waals surface area contributed by atoms with Gasteiger partial charge in [0.1, 0.15) is 11.6 Å². The number of carbonyl (C=O) groups is 1. The SMILES string of the molecule is COc1ccc2c(c1)Sc1ccc(F)cc1C(=O)C2. The zero-order chi connectivity index (χ0) is 13.4. The molecular weight excluding hydrogens is 263 g/mol. The van der Waals surface area contributed by atoms with Gasteiger partial charge in [-0.05, 0) is 35.9 Å². The molecule has 3 rings (SSSR count). The Labute approximate surface area is 114 Å². The van der Waals surface area contributed by atoms with E-state index in [1.807, 2.05) is 18.2 Å². The van der Waals surface area contributed by atoms with Gasteiger partial charge in [-0.25, -0.2) is 4.39 Å². The number of carbonyl (C=O) groups excluding carboxylic acids is 1. The summed E-state index contributed by atoms with van der Waals surface area (Å²) in [6, 6.07) is 9.98. The Bertz CT molecular complexity index is 667. The van der Waals surface area contributed by atoms with Gasteiger partial charge in [0.05, 0.1) is 7.11 Å². The first-order valence-electron chi connectivity index (χ1n) is 5.85. The highest BCUT2D eigenvalue weighted by Crippen LogP contribution is 2.38. The second kappa shape index (κ2) is 4.70. The van der Waals surface area contributed by atoms with Crippen molar-refractivity contribution in [1.82, 2.24) is 0 Å². The second-order valence-corrected chi connectivity index (χ2v) is 5.40. The van der Waals surface area contributed by atoms with Crippen molar-refractivity contribution >= 4 is 17.5 Å². The van der Waals surface area contributed by atoms with Crippen molar-refractivity contribution in [2.75, 3.05) is 7.11 Å². The van der Waals surface area contributed by atoms with E-state index in [4.69, 9.17) is 4.74 Å². The molecule has 0 atom stereocenters. The van der Waals surface area contributed by atoms with Gasteiger partial charge in [-0.2, -0.15) is 0 Å². The quantitative estimate of drug-likeness (QED) is 0.792. The van der Waals surface area contributed by atoms with Crippen molar-refractivity contribution in [1.29, 1.82) is 0 Å². The zero-order valence-electron chi connectivity index (χ0n) is 10.3. The maximum absolute atomic E-state index is 13.3. The van der Waals surface area contributed by atoms with E-state index in [9.17, 15) is 9.18 Å². The van der Waals surface area contributed by atoms with E-state index in [1.54, 1.807) is 13.2 Å². The van der Waals surface area contributed by atoms with Crippen molar-refractivity contribution in [2.24, 2.45) is 0 Å². The molecule has 0 spiro atoms. The number of hydrogen-bond acceptors (Lipinski definition) is 3. The average Bonchev–Trinajstić information content (AvgIpc) is 2.54. The van der Waals surface area contributed by atoms with Crippen LogP contribution in [0.5, 0.6) is 5.75 Å². The number of halogens is 1. The summed E-state index contributed by atoms with van der Waals surface area (Å²) in [5.41, 5.74) is 1.41. The molecular formula is C15H11FO2S. The van der Waals surface area contributed by atoms with E-state index < -0.39 is 0 Å². The molecule has 2 nitrogen and oxygen atoms in total. The van der Waals surface area contributed by atoms with E-state index in [-0.39, 0.29) is 11.6 Å². The van der Waals surface area contributed by atoms with E-state index in [2.05, 4.69) is 0 Å². The van der Waals surface area contributed by atoms with Gasteiger partial charge in [0.2, 0.25) is 0 Å². The van der Waals surface area contributed by atoms with Crippen LogP contribution in [-0.2, 0) is 6.42 Å². The van der Waals surface area contributed by atoms with Crippen molar-refractivity contribution in [3.8, 4) is 5.75 Å². The van der Waals surface area contributed by atoms with Crippen LogP contribution in [0.25, 0.3) is 0 Å². The lowest BCUT2D eigenvalue weighted by molar-refractivity contribution is 0.0989. The number of Topliss-reactive ketones (excluding diaryl/α,β-unsaturated/α-hetero) is 1. The molecule has 0 N–H and O–H groups in total. The Morgan fingerprint density at radius 2 is 2.00 bits per heavy atom. The zero-order valence-corrected chi connectivity index (χ0v) is 11.1. The fraction of sp³-hybridized carbons (Fsp3) is 0.133. The van der Waals surface area contributed by atoms with Crippen molar-refractivity contribution in [3.63, 3.8) is 0 Å². The van der Waals surface area contributed by atoms with E-state index in [1.165, 1.54) is 23.9 Å². The molecule has 4 heteroatoms. The number of methoxy groups -OCH3 is 1. The number of rotatable bonds is 1. The Morgan fingerprint density at radius 1 is 1.16 bits per heavy atom. The fourth-order valence-corrected chi connectivity index (χ4v) is 3.20. The lowest BCUT2D eigenvalue weighted by atomic mass is 10.0. The highest BCUT2D eigenvalue weighted by Gasteiger charge is 2.21. The van der Waals surface area contributed by atoms with Crippen LogP contribution >= 0.6 is 11.8 Å². The third-order valence-corrected chi connectivity index (χ3v) is 4.26. The normalized spacial score (nSPS) is 13.5. The highest BCUT2D eigenvalue weighted by atomic mass is 32.2. The average molecular weight is 274 g/mol. The molecule has 0 amide bonds. The first kappa shape index (κ1) is 12.2. The van der Waals surface area contributed by atoms with Crippen LogP contribution in [0.2, 0.25) is 0 Å². The van der Waals surface area contributed by atoms with Gasteiger partial charge < -0.3 is 4.74 Å². The standard InChI is InChI=1S/C15H11FO2S/c1-18-11-4-2-9-6-13(17)12-7-10(16)3-5-14(12)19-15(9)8-11/h2-5,7-8H,6H2,1H3. The summed E-state index contributed by atoms with van der Waals surface area (Å²) in [5.74, 6) is 0.325. The summed E-state index contributed by atoms with van der Waals surface area (Å²) in [6.45, 7) is 0. The monoisotopic (exact) mass is 274 g/mol. The molecule has 0 bridgehead atoms. The van der Waals surface area contributed by atoms with Crippen LogP contribution < -0.4 is 4.74 Å². The lowest BCUT2D eigenvalue weighted by Crippen LogP contribution is -2.03. The van der Waals surface area contributed by atoms with Crippen LogP contribution in [0.15, 0.2) is 46.2 Å². The van der Waals surface area contributed by atoms with Crippen LogP contribution in [0.4, 0.5) is 4.39 Å². The Balaban J connectivity index is 2.13. The molecule has 0 unspecified atom stereocenters. The van der Waals surface area contributed by atoms with Crippen LogP contribution in [0.3, 0.4) is 0 Å². The minimum absolute atomic E-state index is 0.0501. The molecule has 0 saturated heterocycles. The molecule has 96 valence electrons. The molecule has 0 aromatic heterocycles. The van der Waals surface area contributed by atoms with Crippen molar-refractivity contribution in [2.45, 2.75) is 16.2 Å². The highest BCUT2D eigenvalue weighted by molar-refractivity contribution is 7.99. The summed E-state index contributed by atoms with van der Waals surface area (Å²) in [4.78, 5) is 13.9. The number of benzene rings is 2. The Kier molecular flexibility index (Phi) is 3.03. The Morgan fingerprint density at radius 3 is 2.79 bits per heavy atom. The largest absolute Gasteiger partial charge is 0.497 e. The minimum Gasteiger partial charge on any atom is -0.497 e. The van der Waals surface area contributed by atoms with Gasteiger partial charge in [0, 0.05) is 21.8 Å². The van der Waals surface area contributed by atoms with Crippen LogP contribution in [-0.4, -0.2) is 12.9 Å². The summed E-state index contributed by atoms with van der Waals surface area (Å²) >= 11 is 1.48. The van der Waals surface area contributed by atoms with E-state index >= 15 is 0 Å². The molecule has 1 aliphatic heterocycles. The van der Waals surface area contributed by atoms with Gasteiger partial charge in [-0.1, -0.05) is 17.8 Å². The third-order valence-electron chi connectivity index (χ3n) is 3.09. The number of ether oxygens (including phenoxy) is 1. The fourth-order valence-electron chi connectivity index (χ4n) is 2.10. The van der Waals surface area contributed by atoms with Gasteiger partial charge in [0.25, 0.3) is 0 Å². The molecule has 0 saturated carbocycles. The third kappa shape index (κ3) is 2.24. The number of ketones is 1. The maximum Gasteiger partial charge on any atom is 0.168 e. The molecule has 1 heterocycles. The molecule has 2 aromatic carbocycles. The topological polar surface area (TPSA) is 26.3 Å². The van der Waals surface area contributed by atoms with Crippen LogP contribution in [0, 0.1) is 5.82 Å².